The van der Waals surface area contributed by atoms with E-state index in [-0.39, 0.29) is 5.91 Å². The van der Waals surface area contributed by atoms with E-state index >= 15 is 0 Å². The molecule has 0 unspecified atom stereocenters. The van der Waals surface area contributed by atoms with Gasteiger partial charge in [-0.2, -0.15) is 0 Å². The first-order chi connectivity index (χ1) is 8.13. The molecule has 1 heterocycles. The van der Waals surface area contributed by atoms with E-state index in [2.05, 4.69) is 5.32 Å². The van der Waals surface area contributed by atoms with Crippen molar-refractivity contribution in [2.75, 3.05) is 5.32 Å². The van der Waals surface area contributed by atoms with Crippen molar-refractivity contribution in [3.05, 3.63) is 29.3 Å². The van der Waals surface area contributed by atoms with Crippen LogP contribution < -0.4 is 5.32 Å². The summed E-state index contributed by atoms with van der Waals surface area (Å²) in [7, 11) is 0. The molecule has 1 N–H and O–H groups in total. The van der Waals surface area contributed by atoms with Crippen molar-refractivity contribution in [3.63, 3.8) is 0 Å². The molecule has 1 aromatic rings. The second-order valence-corrected chi connectivity index (χ2v) is 4.91. The molecular weight excluding hydrogens is 224 g/mol. The third-order valence-electron chi connectivity index (χ3n) is 3.92. The largest absolute Gasteiger partial charge is 0.325 e. The summed E-state index contributed by atoms with van der Waals surface area (Å²) in [6.07, 6.45) is 4.24. The molecule has 4 heteroatoms. The Bertz CT molecular complexity index is 492. The summed E-state index contributed by atoms with van der Waals surface area (Å²) < 4.78 is 27.0. The predicted octanol–water partition coefficient (Wildman–Crippen LogP) is 3.12. The number of anilines is 1. The number of carbonyl (C=O) groups is 1. The Morgan fingerprint density at radius 2 is 1.82 bits per heavy atom. The van der Waals surface area contributed by atoms with Gasteiger partial charge in [0.15, 0.2) is 0 Å². The van der Waals surface area contributed by atoms with Gasteiger partial charge in [-0.05, 0) is 18.9 Å². The van der Waals surface area contributed by atoms with Crippen molar-refractivity contribution in [1.29, 1.82) is 0 Å². The fourth-order valence-electron chi connectivity index (χ4n) is 3.15. The predicted molar refractivity (Wildman–Crippen MR) is 59.8 cm³/mol. The van der Waals surface area contributed by atoms with Crippen LogP contribution in [0.4, 0.5) is 14.5 Å². The Morgan fingerprint density at radius 1 is 1.12 bits per heavy atom. The highest BCUT2D eigenvalue weighted by molar-refractivity contribution is 6.06. The minimum absolute atomic E-state index is 0.170. The Hall–Kier alpha value is -1.45. The second kappa shape index (κ2) is 3.52. The van der Waals surface area contributed by atoms with E-state index in [1.54, 1.807) is 0 Å². The van der Waals surface area contributed by atoms with Gasteiger partial charge < -0.3 is 5.32 Å². The lowest BCUT2D eigenvalue weighted by Gasteiger charge is -2.31. The van der Waals surface area contributed by atoms with Gasteiger partial charge in [0.2, 0.25) is 5.91 Å². The summed E-state index contributed by atoms with van der Waals surface area (Å²) in [5, 5.41) is 2.62. The van der Waals surface area contributed by atoms with Crippen molar-refractivity contribution in [3.8, 4) is 0 Å². The van der Waals surface area contributed by atoms with Crippen LogP contribution in [-0.2, 0) is 10.2 Å². The van der Waals surface area contributed by atoms with Gasteiger partial charge in [0.25, 0.3) is 0 Å². The highest BCUT2D eigenvalue weighted by Gasteiger charge is 2.49. The smallest absolute Gasteiger partial charge is 0.235 e. The number of fused-ring (bicyclic) bond motifs is 2. The van der Waals surface area contributed by atoms with Crippen molar-refractivity contribution in [1.82, 2.24) is 0 Å². The van der Waals surface area contributed by atoms with E-state index in [0.29, 0.717) is 24.1 Å². The van der Waals surface area contributed by atoms with Crippen LogP contribution in [0.15, 0.2) is 12.1 Å². The molecule has 2 nitrogen and oxygen atoms in total. The molecule has 0 saturated heterocycles. The molecule has 0 atom stereocenters. The number of rotatable bonds is 0. The van der Waals surface area contributed by atoms with Gasteiger partial charge in [0.1, 0.15) is 11.6 Å². The minimum Gasteiger partial charge on any atom is -0.325 e. The molecule has 90 valence electrons. The Balaban J connectivity index is 2.18. The minimum atomic E-state index is -0.745. The molecule has 1 amide bonds. The Labute approximate surface area is 98.0 Å². The van der Waals surface area contributed by atoms with Crippen molar-refractivity contribution in [2.24, 2.45) is 0 Å². The van der Waals surface area contributed by atoms with E-state index < -0.39 is 17.0 Å². The highest BCUT2D eigenvalue weighted by Crippen LogP contribution is 2.48. The van der Waals surface area contributed by atoms with Gasteiger partial charge in [-0.15, -0.1) is 0 Å². The first kappa shape index (κ1) is 10.7. The molecule has 1 aliphatic carbocycles. The normalized spacial score (nSPS) is 21.4. The number of carbonyl (C=O) groups excluding carboxylic acids is 1. The summed E-state index contributed by atoms with van der Waals surface area (Å²) in [4.78, 5) is 12.1. The van der Waals surface area contributed by atoms with Gasteiger partial charge in [0, 0.05) is 11.6 Å². The third kappa shape index (κ3) is 1.39. The average Bonchev–Trinajstić information content (AvgIpc) is 2.53. The van der Waals surface area contributed by atoms with Gasteiger partial charge in [-0.1, -0.05) is 19.3 Å². The highest BCUT2D eigenvalue weighted by atomic mass is 19.1. The van der Waals surface area contributed by atoms with Gasteiger partial charge >= 0.3 is 0 Å². The SMILES string of the molecule is O=C1Nc2cc(F)cc(F)c2C12CCCCC2. The molecule has 1 spiro atoms. The summed E-state index contributed by atoms with van der Waals surface area (Å²) in [5.74, 6) is -1.41. The zero-order valence-electron chi connectivity index (χ0n) is 9.35. The number of amides is 1. The Morgan fingerprint density at radius 3 is 2.53 bits per heavy atom. The van der Waals surface area contributed by atoms with Crippen molar-refractivity contribution >= 4 is 11.6 Å². The lowest BCUT2D eigenvalue weighted by Crippen LogP contribution is -2.36. The van der Waals surface area contributed by atoms with E-state index in [0.717, 1.165) is 25.3 Å². The van der Waals surface area contributed by atoms with Gasteiger partial charge in [0.05, 0.1) is 11.1 Å². The number of hydrogen-bond donors (Lipinski definition) is 1. The lowest BCUT2D eigenvalue weighted by molar-refractivity contribution is -0.122. The summed E-state index contributed by atoms with van der Waals surface area (Å²) >= 11 is 0. The van der Waals surface area contributed by atoms with Crippen LogP contribution in [0.1, 0.15) is 37.7 Å². The van der Waals surface area contributed by atoms with Crippen LogP contribution in [0.5, 0.6) is 0 Å². The third-order valence-corrected chi connectivity index (χ3v) is 3.92. The van der Waals surface area contributed by atoms with Crippen LogP contribution in [0.2, 0.25) is 0 Å². The standard InChI is InChI=1S/C13H13F2NO/c14-8-6-9(15)11-10(7-8)16-12(17)13(11)4-2-1-3-5-13/h6-7H,1-5H2,(H,16,17). The maximum Gasteiger partial charge on any atom is 0.235 e. The van der Waals surface area contributed by atoms with Crippen LogP contribution in [0.25, 0.3) is 0 Å². The van der Waals surface area contributed by atoms with Crippen LogP contribution in [0, 0.1) is 11.6 Å². The first-order valence-electron chi connectivity index (χ1n) is 5.94. The summed E-state index contributed by atoms with van der Waals surface area (Å²) in [6, 6.07) is 2.08. The molecule has 1 saturated carbocycles. The molecule has 2 aliphatic rings. The zero-order valence-corrected chi connectivity index (χ0v) is 9.35. The van der Waals surface area contributed by atoms with Crippen molar-refractivity contribution < 1.29 is 13.6 Å². The molecule has 0 radical (unpaired) electrons. The molecule has 0 aromatic heterocycles. The molecule has 1 fully saturated rings. The topological polar surface area (TPSA) is 29.1 Å². The fourth-order valence-corrected chi connectivity index (χ4v) is 3.15. The quantitative estimate of drug-likeness (QED) is 0.738. The zero-order chi connectivity index (χ0) is 12.0. The van der Waals surface area contributed by atoms with E-state index in [1.165, 1.54) is 6.07 Å². The maximum atomic E-state index is 13.9. The molecule has 3 rings (SSSR count). The molecule has 0 bridgehead atoms. The van der Waals surface area contributed by atoms with Gasteiger partial charge in [-0.25, -0.2) is 8.78 Å². The first-order valence-corrected chi connectivity index (χ1v) is 5.94. The van der Waals surface area contributed by atoms with E-state index in [1.807, 2.05) is 0 Å². The maximum absolute atomic E-state index is 13.9. The molecule has 1 aromatic carbocycles. The van der Waals surface area contributed by atoms with Crippen molar-refractivity contribution in [2.45, 2.75) is 37.5 Å². The average molecular weight is 237 g/mol. The van der Waals surface area contributed by atoms with Crippen LogP contribution in [0.3, 0.4) is 0 Å². The Kier molecular flexibility index (Phi) is 2.21. The number of benzene rings is 1. The summed E-state index contributed by atoms with van der Waals surface area (Å²) in [5.41, 5.74) is -0.0521. The number of hydrogen-bond acceptors (Lipinski definition) is 1. The summed E-state index contributed by atoms with van der Waals surface area (Å²) in [6.45, 7) is 0. The van der Waals surface area contributed by atoms with Gasteiger partial charge in [-0.3, -0.25) is 4.79 Å². The lowest BCUT2D eigenvalue weighted by atomic mass is 9.70. The molecule has 1 aliphatic heterocycles. The molecule has 17 heavy (non-hydrogen) atoms. The van der Waals surface area contributed by atoms with Crippen LogP contribution in [-0.4, -0.2) is 5.91 Å². The monoisotopic (exact) mass is 237 g/mol. The number of nitrogens with one attached hydrogen (secondary N) is 1. The second-order valence-electron chi connectivity index (χ2n) is 4.91. The van der Waals surface area contributed by atoms with Crippen LogP contribution >= 0.6 is 0 Å². The number of halogens is 2. The molecular formula is C13H13F2NO. The fraction of sp³-hybridized carbons (Fsp3) is 0.462. The van der Waals surface area contributed by atoms with E-state index in [9.17, 15) is 13.6 Å². The van der Waals surface area contributed by atoms with E-state index in [4.69, 9.17) is 0 Å².